The second-order valence-electron chi connectivity index (χ2n) is 4.75. The quantitative estimate of drug-likeness (QED) is 0.685. The molecule has 2 rings (SSSR count). The van der Waals surface area contributed by atoms with E-state index in [0.29, 0.717) is 6.42 Å². The lowest BCUT2D eigenvalue weighted by Crippen LogP contribution is -2.43. The number of rotatable bonds is 2. The molecule has 0 saturated carbocycles. The van der Waals surface area contributed by atoms with Crippen molar-refractivity contribution in [2.24, 2.45) is 0 Å². The molecule has 0 N–H and O–H groups in total. The Kier molecular flexibility index (Phi) is 2.98. The fourth-order valence-corrected chi connectivity index (χ4v) is 2.35. The minimum absolute atomic E-state index is 0.168. The molecular formula is C11H20N2O2. The first-order valence-corrected chi connectivity index (χ1v) is 5.83. The zero-order chi connectivity index (χ0) is 10.9. The van der Waals surface area contributed by atoms with E-state index in [2.05, 4.69) is 18.9 Å². The van der Waals surface area contributed by atoms with Crippen molar-refractivity contribution in [3.63, 3.8) is 0 Å². The average Bonchev–Trinajstić information content (AvgIpc) is 2.50. The lowest BCUT2D eigenvalue weighted by atomic mass is 9.89. The molecule has 2 aliphatic rings. The summed E-state index contributed by atoms with van der Waals surface area (Å²) in [5.74, 6) is 0.168. The van der Waals surface area contributed by atoms with Crippen molar-refractivity contribution in [2.45, 2.75) is 38.2 Å². The van der Waals surface area contributed by atoms with Gasteiger partial charge in [-0.25, -0.2) is 5.06 Å². The maximum atomic E-state index is 11.7. The molecule has 1 amide bonds. The van der Waals surface area contributed by atoms with Crippen LogP contribution in [0.4, 0.5) is 0 Å². The lowest BCUT2D eigenvalue weighted by molar-refractivity contribution is -0.209. The number of hydrogen-bond donors (Lipinski definition) is 0. The number of likely N-dealkylation sites (tertiary alicyclic amines) is 1. The number of carbonyl (C=O) groups is 1. The van der Waals surface area contributed by atoms with Gasteiger partial charge in [-0.15, -0.1) is 0 Å². The molecule has 2 aliphatic heterocycles. The first-order valence-electron chi connectivity index (χ1n) is 5.83. The number of piperidine rings is 1. The van der Waals surface area contributed by atoms with E-state index in [1.54, 1.807) is 5.06 Å². The summed E-state index contributed by atoms with van der Waals surface area (Å²) in [5.41, 5.74) is -0.168. The van der Waals surface area contributed by atoms with Crippen LogP contribution in [0.2, 0.25) is 0 Å². The Labute approximate surface area is 91.1 Å². The van der Waals surface area contributed by atoms with Gasteiger partial charge >= 0.3 is 0 Å². The predicted molar refractivity (Wildman–Crippen MR) is 57.2 cm³/mol. The molecule has 86 valence electrons. The third-order valence-corrected chi connectivity index (χ3v) is 3.38. The van der Waals surface area contributed by atoms with Crippen LogP contribution in [-0.2, 0) is 9.63 Å². The second-order valence-corrected chi connectivity index (χ2v) is 4.75. The molecule has 0 aliphatic carbocycles. The van der Waals surface area contributed by atoms with Crippen LogP contribution in [0.1, 0.15) is 32.6 Å². The summed E-state index contributed by atoms with van der Waals surface area (Å²) in [6.07, 6.45) is 3.51. The van der Waals surface area contributed by atoms with Gasteiger partial charge in [0.05, 0.1) is 6.42 Å². The minimum Gasteiger partial charge on any atom is -0.306 e. The minimum atomic E-state index is -0.168. The molecule has 15 heavy (non-hydrogen) atoms. The summed E-state index contributed by atoms with van der Waals surface area (Å²) in [7, 11) is 2.12. The molecule has 0 atom stereocenters. The SMILES string of the molecule is CCCN1OC2(CCN(C)CC2)CC1=O. The van der Waals surface area contributed by atoms with Gasteiger partial charge in [0.2, 0.25) is 5.91 Å². The maximum Gasteiger partial charge on any atom is 0.249 e. The summed E-state index contributed by atoms with van der Waals surface area (Å²) in [4.78, 5) is 19.8. The van der Waals surface area contributed by atoms with Gasteiger partial charge in [-0.2, -0.15) is 0 Å². The van der Waals surface area contributed by atoms with Crippen LogP contribution in [-0.4, -0.2) is 48.2 Å². The Bertz CT molecular complexity index is 247. The third kappa shape index (κ3) is 2.16. The van der Waals surface area contributed by atoms with Crippen LogP contribution >= 0.6 is 0 Å². The molecule has 4 heteroatoms. The standard InChI is InChI=1S/C11H20N2O2/c1-3-6-13-10(14)9-11(15-13)4-7-12(2)8-5-11/h3-9H2,1-2H3. The van der Waals surface area contributed by atoms with Crippen LogP contribution in [0.3, 0.4) is 0 Å². The molecule has 0 bridgehead atoms. The van der Waals surface area contributed by atoms with E-state index in [1.807, 2.05) is 0 Å². The average molecular weight is 212 g/mol. The largest absolute Gasteiger partial charge is 0.306 e. The Hall–Kier alpha value is -0.610. The van der Waals surface area contributed by atoms with Crippen LogP contribution in [0.15, 0.2) is 0 Å². The fourth-order valence-electron chi connectivity index (χ4n) is 2.35. The molecule has 0 aromatic carbocycles. The third-order valence-electron chi connectivity index (χ3n) is 3.38. The monoisotopic (exact) mass is 212 g/mol. The molecule has 0 radical (unpaired) electrons. The van der Waals surface area contributed by atoms with Gasteiger partial charge in [-0.1, -0.05) is 6.92 Å². The van der Waals surface area contributed by atoms with Crippen molar-refractivity contribution in [3.05, 3.63) is 0 Å². The molecule has 4 nitrogen and oxygen atoms in total. The number of nitrogens with zero attached hydrogens (tertiary/aromatic N) is 2. The van der Waals surface area contributed by atoms with Gasteiger partial charge < -0.3 is 4.90 Å². The zero-order valence-corrected chi connectivity index (χ0v) is 9.66. The number of amides is 1. The predicted octanol–water partition coefficient (Wildman–Crippen LogP) is 1.02. The molecule has 2 heterocycles. The van der Waals surface area contributed by atoms with Crippen molar-refractivity contribution < 1.29 is 9.63 Å². The van der Waals surface area contributed by atoms with E-state index < -0.39 is 0 Å². The molecule has 2 saturated heterocycles. The number of hydrogen-bond acceptors (Lipinski definition) is 3. The molecular weight excluding hydrogens is 192 g/mol. The summed E-state index contributed by atoms with van der Waals surface area (Å²) >= 11 is 0. The summed E-state index contributed by atoms with van der Waals surface area (Å²) in [6.45, 7) is 4.87. The molecule has 0 aromatic heterocycles. The highest BCUT2D eigenvalue weighted by Crippen LogP contribution is 2.36. The smallest absolute Gasteiger partial charge is 0.249 e. The van der Waals surface area contributed by atoms with E-state index in [1.165, 1.54) is 0 Å². The van der Waals surface area contributed by atoms with Gasteiger partial charge in [-0.3, -0.25) is 9.63 Å². The summed E-state index contributed by atoms with van der Waals surface area (Å²) in [5, 5.41) is 1.57. The number of carbonyl (C=O) groups excluding carboxylic acids is 1. The van der Waals surface area contributed by atoms with Crippen LogP contribution in [0.25, 0.3) is 0 Å². The second kappa shape index (κ2) is 4.10. The zero-order valence-electron chi connectivity index (χ0n) is 9.66. The van der Waals surface area contributed by atoms with E-state index in [-0.39, 0.29) is 11.5 Å². The van der Waals surface area contributed by atoms with E-state index in [9.17, 15) is 4.79 Å². The fraction of sp³-hybridized carbons (Fsp3) is 0.909. The van der Waals surface area contributed by atoms with Gasteiger partial charge in [0.15, 0.2) is 0 Å². The van der Waals surface area contributed by atoms with Crippen LogP contribution < -0.4 is 0 Å². The highest BCUT2D eigenvalue weighted by molar-refractivity contribution is 5.78. The Morgan fingerprint density at radius 1 is 1.40 bits per heavy atom. The molecule has 0 aromatic rings. The normalized spacial score (nSPS) is 26.5. The van der Waals surface area contributed by atoms with E-state index >= 15 is 0 Å². The first kappa shape index (κ1) is 10.9. The Balaban J connectivity index is 1.97. The van der Waals surface area contributed by atoms with Gasteiger partial charge in [0.1, 0.15) is 5.60 Å². The first-order chi connectivity index (χ1) is 7.15. The van der Waals surface area contributed by atoms with Crippen molar-refractivity contribution in [1.29, 1.82) is 0 Å². The molecule has 1 spiro atoms. The molecule has 2 fully saturated rings. The lowest BCUT2D eigenvalue weighted by Gasteiger charge is -2.36. The maximum absolute atomic E-state index is 11.7. The van der Waals surface area contributed by atoms with E-state index in [4.69, 9.17) is 4.84 Å². The summed E-state index contributed by atoms with van der Waals surface area (Å²) < 4.78 is 0. The highest BCUT2D eigenvalue weighted by atomic mass is 16.7. The van der Waals surface area contributed by atoms with Gasteiger partial charge in [0.25, 0.3) is 0 Å². The molecule has 0 unspecified atom stereocenters. The number of hydroxylamine groups is 2. The van der Waals surface area contributed by atoms with E-state index in [0.717, 1.165) is 38.9 Å². The Morgan fingerprint density at radius 3 is 2.67 bits per heavy atom. The van der Waals surface area contributed by atoms with Crippen molar-refractivity contribution in [2.75, 3.05) is 26.7 Å². The van der Waals surface area contributed by atoms with Crippen molar-refractivity contribution in [3.8, 4) is 0 Å². The van der Waals surface area contributed by atoms with Crippen molar-refractivity contribution >= 4 is 5.91 Å². The highest BCUT2D eigenvalue weighted by Gasteiger charge is 2.45. The van der Waals surface area contributed by atoms with Gasteiger partial charge in [0, 0.05) is 19.6 Å². The van der Waals surface area contributed by atoms with Gasteiger partial charge in [-0.05, 0) is 26.3 Å². The summed E-state index contributed by atoms with van der Waals surface area (Å²) in [6, 6.07) is 0. The van der Waals surface area contributed by atoms with Crippen LogP contribution in [0, 0.1) is 0 Å². The van der Waals surface area contributed by atoms with Crippen LogP contribution in [0.5, 0.6) is 0 Å². The Morgan fingerprint density at radius 2 is 2.07 bits per heavy atom. The van der Waals surface area contributed by atoms with Crippen molar-refractivity contribution in [1.82, 2.24) is 9.96 Å². The topological polar surface area (TPSA) is 32.8 Å².